The van der Waals surface area contributed by atoms with Gasteiger partial charge in [0, 0.05) is 47.8 Å². The van der Waals surface area contributed by atoms with E-state index in [0.717, 1.165) is 25.3 Å². The van der Waals surface area contributed by atoms with Crippen LogP contribution in [0.4, 0.5) is 23.8 Å². The maximum atomic E-state index is 16.3. The third-order valence-electron chi connectivity index (χ3n) is 7.51. The molecular formula is C31H39F3N6O5. The number of amides is 2. The normalized spacial score (nSPS) is 18.7. The number of nitrogens with zero attached hydrogens (tertiary/aromatic N) is 3. The van der Waals surface area contributed by atoms with Crippen LogP contribution in [-0.2, 0) is 17.8 Å². The van der Waals surface area contributed by atoms with Gasteiger partial charge in [-0.25, -0.2) is 19.2 Å². The van der Waals surface area contributed by atoms with Crippen LogP contribution < -0.4 is 25.8 Å². The van der Waals surface area contributed by atoms with Crippen molar-refractivity contribution in [3.8, 4) is 11.5 Å². The Kier molecular flexibility index (Phi) is 10.5. The number of carbonyl (C=O) groups excluding carboxylic acids is 2. The minimum atomic E-state index is -3.04. The highest BCUT2D eigenvalue weighted by molar-refractivity contribution is 6.14. The summed E-state index contributed by atoms with van der Waals surface area (Å²) in [7, 11) is 3.00. The van der Waals surface area contributed by atoms with Gasteiger partial charge in [0.15, 0.2) is 11.6 Å². The summed E-state index contributed by atoms with van der Waals surface area (Å²) in [6, 6.07) is 4.27. The number of hydrogen-bond acceptors (Lipinski definition) is 9. The van der Waals surface area contributed by atoms with Crippen LogP contribution in [-0.4, -0.2) is 66.6 Å². The Hall–Kier alpha value is -4.49. The molecule has 0 spiro atoms. The average molecular weight is 633 g/mol. The van der Waals surface area contributed by atoms with Gasteiger partial charge in [-0.05, 0) is 45.7 Å². The van der Waals surface area contributed by atoms with Crippen LogP contribution in [0, 0.1) is 5.82 Å². The maximum absolute atomic E-state index is 16.3. The molecule has 0 bridgehead atoms. The van der Waals surface area contributed by atoms with Gasteiger partial charge in [0.05, 0.1) is 38.1 Å². The Bertz CT molecular complexity index is 1480. The van der Waals surface area contributed by atoms with Crippen molar-refractivity contribution in [2.24, 2.45) is 10.7 Å². The fourth-order valence-electron chi connectivity index (χ4n) is 5.46. The molecule has 4 rings (SSSR count). The van der Waals surface area contributed by atoms with Crippen LogP contribution in [0.2, 0.25) is 0 Å². The number of alkyl carbamates (subject to hydrolysis) is 1. The monoisotopic (exact) mass is 632 g/mol. The van der Waals surface area contributed by atoms with E-state index in [0.29, 0.717) is 29.9 Å². The summed E-state index contributed by atoms with van der Waals surface area (Å²) in [6.07, 6.45) is 4.05. The maximum Gasteiger partial charge on any atom is 0.407 e. The summed E-state index contributed by atoms with van der Waals surface area (Å²) in [5.41, 5.74) is 5.46. The molecule has 2 amide bonds. The summed E-state index contributed by atoms with van der Waals surface area (Å²) >= 11 is 0. The number of benzene rings is 1. The molecule has 0 radical (unpaired) electrons. The quantitative estimate of drug-likeness (QED) is 0.239. The second-order valence-electron chi connectivity index (χ2n) is 11.8. The van der Waals surface area contributed by atoms with Gasteiger partial charge >= 0.3 is 12.6 Å². The number of allylic oxidation sites excluding steroid dienone is 1. The lowest BCUT2D eigenvalue weighted by Gasteiger charge is -2.34. The van der Waals surface area contributed by atoms with E-state index in [1.807, 2.05) is 0 Å². The average Bonchev–Trinajstić information content (AvgIpc) is 3.31. The minimum Gasteiger partial charge on any atom is -0.497 e. The third kappa shape index (κ3) is 7.97. The second-order valence-corrected chi connectivity index (χ2v) is 11.8. The lowest BCUT2D eigenvalue weighted by atomic mass is 9.90. The first-order valence-corrected chi connectivity index (χ1v) is 14.6. The zero-order valence-electron chi connectivity index (χ0n) is 26.0. The van der Waals surface area contributed by atoms with E-state index < -0.39 is 42.1 Å². The number of aliphatic imine (C=N–C) groups is 1. The van der Waals surface area contributed by atoms with E-state index in [1.165, 1.54) is 19.1 Å². The van der Waals surface area contributed by atoms with Gasteiger partial charge in [0.1, 0.15) is 17.1 Å². The van der Waals surface area contributed by atoms with Crippen LogP contribution >= 0.6 is 0 Å². The number of carbonyl (C=O) groups is 2. The molecule has 1 saturated carbocycles. The fraction of sp³-hybridized carbons (Fsp3) is 0.484. The molecule has 2 aliphatic rings. The van der Waals surface area contributed by atoms with Crippen LogP contribution in [0.5, 0.6) is 11.5 Å². The predicted molar refractivity (Wildman–Crippen MR) is 163 cm³/mol. The molecule has 45 heavy (non-hydrogen) atoms. The molecule has 0 saturated heterocycles. The molecule has 244 valence electrons. The number of anilines is 1. The summed E-state index contributed by atoms with van der Waals surface area (Å²) in [6.45, 7) is 2.15. The number of hydrogen-bond donors (Lipinski definition) is 3. The summed E-state index contributed by atoms with van der Waals surface area (Å²) in [5.74, 6) is -0.518. The first-order valence-electron chi connectivity index (χ1n) is 14.6. The number of alkyl halides is 2. The van der Waals surface area contributed by atoms with E-state index >= 15 is 4.39 Å². The number of fused-ring (bicyclic) bond motifs is 1. The minimum absolute atomic E-state index is 0.0252. The van der Waals surface area contributed by atoms with Crippen molar-refractivity contribution in [3.05, 3.63) is 52.6 Å². The van der Waals surface area contributed by atoms with Gasteiger partial charge in [-0.1, -0.05) is 12.8 Å². The molecule has 2 aromatic rings. The van der Waals surface area contributed by atoms with E-state index in [2.05, 4.69) is 20.6 Å². The molecule has 1 aromatic heterocycles. The smallest absolute Gasteiger partial charge is 0.407 e. The molecule has 1 fully saturated rings. The third-order valence-corrected chi connectivity index (χ3v) is 7.51. The standard InChI is InChI=1S/C31H39F3N6O5/c1-31(2,3)45-30(42)38-22-9-7-6-8-21(22)37-27-25(32)20-16-40(15-17-10-11-19(43-4)12-23(17)44-5)28(41)24(20)26(39-27)18(13-35)14-36-29(33)34/h10-14,21-22,29H,6-9,15-16,35H2,1-5H3,(H,37,39)(H,38,42)/t21-,22+/m1/s1. The van der Waals surface area contributed by atoms with E-state index in [4.69, 9.17) is 19.9 Å². The molecule has 1 aliphatic carbocycles. The van der Waals surface area contributed by atoms with Gasteiger partial charge in [-0.15, -0.1) is 0 Å². The van der Waals surface area contributed by atoms with Crippen molar-refractivity contribution >= 4 is 29.6 Å². The van der Waals surface area contributed by atoms with Gasteiger partial charge in [-0.2, -0.15) is 8.78 Å². The zero-order valence-corrected chi connectivity index (χ0v) is 26.0. The topological polar surface area (TPSA) is 140 Å². The molecule has 1 aliphatic heterocycles. The Morgan fingerprint density at radius 1 is 1.20 bits per heavy atom. The molecule has 11 nitrogen and oxygen atoms in total. The van der Waals surface area contributed by atoms with E-state index in [9.17, 15) is 18.4 Å². The SMILES string of the molecule is COc1ccc(CN2Cc3c(F)c(N[C@@H]4CCCC[C@@H]4NC(=O)OC(C)(C)C)nc(C(C=NC(F)F)=CN)c3C2=O)c(OC)c1. The lowest BCUT2D eigenvalue weighted by Crippen LogP contribution is -2.50. The predicted octanol–water partition coefficient (Wildman–Crippen LogP) is 5.23. The Morgan fingerprint density at radius 2 is 1.91 bits per heavy atom. The number of halogens is 3. The van der Waals surface area contributed by atoms with Crippen LogP contribution in [0.1, 0.15) is 73.6 Å². The van der Waals surface area contributed by atoms with Gasteiger partial charge in [-0.3, -0.25) is 4.79 Å². The molecule has 4 N–H and O–H groups in total. The van der Waals surface area contributed by atoms with Crippen LogP contribution in [0.15, 0.2) is 29.4 Å². The number of methoxy groups -OCH3 is 2. The highest BCUT2D eigenvalue weighted by atomic mass is 19.3. The number of pyridine rings is 1. The Balaban J connectivity index is 1.71. The van der Waals surface area contributed by atoms with Crippen molar-refractivity contribution in [2.45, 2.75) is 83.8 Å². The molecule has 2 heterocycles. The molecule has 0 unspecified atom stereocenters. The van der Waals surface area contributed by atoms with Crippen molar-refractivity contribution < 1.29 is 37.0 Å². The number of rotatable bonds is 10. The van der Waals surface area contributed by atoms with Crippen molar-refractivity contribution in [2.75, 3.05) is 19.5 Å². The van der Waals surface area contributed by atoms with Crippen LogP contribution in [0.3, 0.4) is 0 Å². The first-order chi connectivity index (χ1) is 21.3. The van der Waals surface area contributed by atoms with Crippen LogP contribution in [0.25, 0.3) is 5.57 Å². The van der Waals surface area contributed by atoms with E-state index in [-0.39, 0.29) is 41.3 Å². The van der Waals surface area contributed by atoms with E-state index in [1.54, 1.807) is 39.0 Å². The first kappa shape index (κ1) is 33.4. The summed E-state index contributed by atoms with van der Waals surface area (Å²) in [4.78, 5) is 35.2. The Morgan fingerprint density at radius 3 is 2.53 bits per heavy atom. The van der Waals surface area contributed by atoms with Gasteiger partial charge in [0.2, 0.25) is 0 Å². The lowest BCUT2D eigenvalue weighted by molar-refractivity contribution is 0.0488. The Labute approximate surface area is 260 Å². The van der Waals surface area contributed by atoms with Crippen molar-refractivity contribution in [1.29, 1.82) is 0 Å². The van der Waals surface area contributed by atoms with Gasteiger partial charge < -0.3 is 35.5 Å². The molecule has 2 atom stereocenters. The molecular weight excluding hydrogens is 593 g/mol. The zero-order chi connectivity index (χ0) is 32.9. The number of ether oxygens (including phenoxy) is 3. The van der Waals surface area contributed by atoms with Crippen molar-refractivity contribution in [3.63, 3.8) is 0 Å². The highest BCUT2D eigenvalue weighted by Gasteiger charge is 2.37. The van der Waals surface area contributed by atoms with Crippen molar-refractivity contribution in [1.82, 2.24) is 15.2 Å². The summed E-state index contributed by atoms with van der Waals surface area (Å²) < 4.78 is 58.5. The second kappa shape index (κ2) is 14.1. The molecule has 14 heteroatoms. The van der Waals surface area contributed by atoms with Gasteiger partial charge in [0.25, 0.3) is 5.91 Å². The largest absolute Gasteiger partial charge is 0.497 e. The highest BCUT2D eigenvalue weighted by Crippen LogP contribution is 2.36. The number of aromatic nitrogens is 1. The summed E-state index contributed by atoms with van der Waals surface area (Å²) in [5, 5.41) is 5.98. The fourth-order valence-corrected chi connectivity index (χ4v) is 5.46. The molecule has 1 aromatic carbocycles. The number of nitrogens with one attached hydrogen (secondary N) is 2. The number of nitrogens with two attached hydrogens (primary N) is 1.